The molecule has 0 bridgehead atoms. The van der Waals surface area contributed by atoms with Crippen molar-refractivity contribution in [1.82, 2.24) is 0 Å². The molecule has 0 fully saturated rings. The molecule has 0 saturated heterocycles. The number of unbranched alkanes of at least 4 members (excludes halogenated alkanes) is 1. The van der Waals surface area contributed by atoms with E-state index in [4.69, 9.17) is 15.9 Å². The maximum Gasteiger partial charge on any atom is 0.156 e. The van der Waals surface area contributed by atoms with Gasteiger partial charge in [0.05, 0.1) is 11.4 Å². The molecule has 2 aliphatic rings. The van der Waals surface area contributed by atoms with Crippen molar-refractivity contribution in [3.63, 3.8) is 0 Å². The first-order valence-electron chi connectivity index (χ1n) is 5.52. The van der Waals surface area contributed by atoms with Crippen molar-refractivity contribution in [2.45, 2.75) is 12.8 Å². The van der Waals surface area contributed by atoms with Crippen LogP contribution in [0.5, 0.6) is 0 Å². The third kappa shape index (κ3) is 2.28. The van der Waals surface area contributed by atoms with Gasteiger partial charge in [0.2, 0.25) is 0 Å². The average molecular weight is 219 g/mol. The summed E-state index contributed by atoms with van der Waals surface area (Å²) in [7, 11) is 0. The smallest absolute Gasteiger partial charge is 0.156 e. The Hall–Kier alpha value is -1.68. The number of nitrogens with one attached hydrogen (secondary N) is 1. The molecule has 86 valence electrons. The summed E-state index contributed by atoms with van der Waals surface area (Å²) in [6.07, 6.45) is 3.80. The molecular formula is C12H17N3O. The van der Waals surface area contributed by atoms with E-state index in [0.29, 0.717) is 5.69 Å². The van der Waals surface area contributed by atoms with Gasteiger partial charge in [0, 0.05) is 12.1 Å². The number of anilines is 2. The number of hydrogen-bond acceptors (Lipinski definition) is 4. The van der Waals surface area contributed by atoms with Gasteiger partial charge in [-0.2, -0.15) is 0 Å². The molecular weight excluding hydrogens is 202 g/mol. The molecule has 0 spiro atoms. The fourth-order valence-electron chi connectivity index (χ4n) is 1.67. The van der Waals surface area contributed by atoms with Crippen LogP contribution in [0.15, 0.2) is 28.9 Å². The second kappa shape index (κ2) is 4.90. The molecule has 0 unspecified atom stereocenters. The van der Waals surface area contributed by atoms with E-state index in [2.05, 4.69) is 5.32 Å². The van der Waals surface area contributed by atoms with Crippen molar-refractivity contribution in [2.24, 2.45) is 5.73 Å². The van der Waals surface area contributed by atoms with Crippen LogP contribution < -0.4 is 16.8 Å². The number of rotatable bonds is 5. The number of fused-ring (bicyclic) bond motifs is 1. The predicted molar refractivity (Wildman–Crippen MR) is 66.5 cm³/mol. The summed E-state index contributed by atoms with van der Waals surface area (Å²) in [5.74, 6) is 0.757. The van der Waals surface area contributed by atoms with Crippen LogP contribution in [-0.2, 0) is 0 Å². The Morgan fingerprint density at radius 1 is 1.25 bits per heavy atom. The third-order valence-corrected chi connectivity index (χ3v) is 2.54. The first-order chi connectivity index (χ1) is 7.81. The van der Waals surface area contributed by atoms with Crippen molar-refractivity contribution < 1.29 is 4.42 Å². The Labute approximate surface area is 95.0 Å². The van der Waals surface area contributed by atoms with Gasteiger partial charge < -0.3 is 21.2 Å². The van der Waals surface area contributed by atoms with Crippen molar-refractivity contribution in [1.29, 1.82) is 0 Å². The summed E-state index contributed by atoms with van der Waals surface area (Å²) in [6.45, 7) is 1.65. The molecule has 1 aliphatic carbocycles. The van der Waals surface area contributed by atoms with E-state index in [1.165, 1.54) is 0 Å². The van der Waals surface area contributed by atoms with Gasteiger partial charge in [-0.3, -0.25) is 0 Å². The lowest BCUT2D eigenvalue weighted by atomic mass is 10.2. The van der Waals surface area contributed by atoms with Gasteiger partial charge >= 0.3 is 0 Å². The first kappa shape index (κ1) is 10.8. The van der Waals surface area contributed by atoms with Crippen molar-refractivity contribution in [3.05, 3.63) is 24.5 Å². The minimum atomic E-state index is 0.685. The van der Waals surface area contributed by atoms with Crippen LogP contribution in [-0.4, -0.2) is 13.1 Å². The van der Waals surface area contributed by atoms with Gasteiger partial charge in [-0.05, 0) is 37.6 Å². The molecule has 0 radical (unpaired) electrons. The highest BCUT2D eigenvalue weighted by Gasteiger charge is 2.09. The Kier molecular flexibility index (Phi) is 3.31. The van der Waals surface area contributed by atoms with Gasteiger partial charge in [0.15, 0.2) is 5.76 Å². The zero-order valence-corrected chi connectivity index (χ0v) is 9.20. The van der Waals surface area contributed by atoms with E-state index in [1.807, 2.05) is 18.2 Å². The predicted octanol–water partition coefficient (Wildman–Crippen LogP) is 2.12. The van der Waals surface area contributed by atoms with E-state index < -0.39 is 0 Å². The topological polar surface area (TPSA) is 77.2 Å². The fraction of sp³-hybridized carbons (Fsp3) is 0.333. The quantitative estimate of drug-likeness (QED) is 0.673. The van der Waals surface area contributed by atoms with Crippen LogP contribution in [0, 0.1) is 0 Å². The monoisotopic (exact) mass is 219 g/mol. The zero-order valence-electron chi connectivity index (χ0n) is 9.20. The van der Waals surface area contributed by atoms with Crippen LogP contribution >= 0.6 is 0 Å². The largest absolute Gasteiger partial charge is 0.460 e. The molecule has 0 atom stereocenters. The lowest BCUT2D eigenvalue weighted by Crippen LogP contribution is -2.05. The normalized spacial score (nSPS) is 10.8. The van der Waals surface area contributed by atoms with Crippen molar-refractivity contribution in [2.75, 3.05) is 24.1 Å². The van der Waals surface area contributed by atoms with E-state index in [9.17, 15) is 0 Å². The van der Waals surface area contributed by atoms with Gasteiger partial charge in [-0.25, -0.2) is 0 Å². The number of nitrogen functional groups attached to an aromatic ring is 1. The van der Waals surface area contributed by atoms with E-state index >= 15 is 0 Å². The van der Waals surface area contributed by atoms with Crippen LogP contribution in [0.2, 0.25) is 0 Å². The molecule has 5 N–H and O–H groups in total. The maximum atomic E-state index is 5.74. The number of hydrogen-bond donors (Lipinski definition) is 3. The molecule has 2 rings (SSSR count). The Morgan fingerprint density at radius 2 is 2.12 bits per heavy atom. The molecule has 0 aromatic rings. The standard InChI is InChI=1S/C12H17N3O/c13-5-1-2-6-15-10-7-9-3-4-11(14)12(9)16-8-10/h3-4,7-8,15H,1-2,5-6,13-14H2. The average Bonchev–Trinajstić information content (AvgIpc) is 2.66. The second-order valence-corrected chi connectivity index (χ2v) is 3.83. The molecule has 0 saturated carbocycles. The Bertz CT molecular complexity index is 425. The zero-order chi connectivity index (χ0) is 11.4. The molecule has 1 heterocycles. The van der Waals surface area contributed by atoms with E-state index in [1.54, 1.807) is 6.26 Å². The van der Waals surface area contributed by atoms with E-state index in [0.717, 1.165) is 42.9 Å². The minimum Gasteiger partial charge on any atom is -0.460 e. The summed E-state index contributed by atoms with van der Waals surface area (Å²) < 4.78 is 5.46. The molecule has 0 aromatic carbocycles. The van der Waals surface area contributed by atoms with Crippen molar-refractivity contribution >= 4 is 11.4 Å². The van der Waals surface area contributed by atoms with Crippen LogP contribution in [0.1, 0.15) is 12.8 Å². The van der Waals surface area contributed by atoms with Crippen molar-refractivity contribution in [3.8, 4) is 11.3 Å². The molecule has 16 heavy (non-hydrogen) atoms. The van der Waals surface area contributed by atoms with Crippen LogP contribution in [0.4, 0.5) is 11.4 Å². The lowest BCUT2D eigenvalue weighted by Gasteiger charge is -2.07. The van der Waals surface area contributed by atoms with Crippen LogP contribution in [0.3, 0.4) is 0 Å². The highest BCUT2D eigenvalue weighted by atomic mass is 16.3. The summed E-state index contributed by atoms with van der Waals surface area (Å²) in [6, 6.07) is 5.85. The molecule has 1 aliphatic heterocycles. The van der Waals surface area contributed by atoms with Crippen LogP contribution in [0.25, 0.3) is 11.3 Å². The summed E-state index contributed by atoms with van der Waals surface area (Å²) in [5.41, 5.74) is 13.9. The SMILES string of the molecule is NCCCCNc1coc2c(N)ccc-2c1. The van der Waals surface area contributed by atoms with Gasteiger partial charge in [0.25, 0.3) is 0 Å². The highest BCUT2D eigenvalue weighted by Crippen LogP contribution is 2.32. The Morgan fingerprint density at radius 3 is 2.94 bits per heavy atom. The third-order valence-electron chi connectivity index (χ3n) is 2.54. The molecule has 4 heteroatoms. The molecule has 0 amide bonds. The van der Waals surface area contributed by atoms with Gasteiger partial charge in [-0.15, -0.1) is 0 Å². The fourth-order valence-corrected chi connectivity index (χ4v) is 1.67. The highest BCUT2D eigenvalue weighted by molar-refractivity contribution is 5.77. The number of nitrogens with two attached hydrogens (primary N) is 2. The lowest BCUT2D eigenvalue weighted by molar-refractivity contribution is 0.570. The summed E-state index contributed by atoms with van der Waals surface area (Å²) >= 11 is 0. The minimum absolute atomic E-state index is 0.685. The summed E-state index contributed by atoms with van der Waals surface area (Å²) in [4.78, 5) is 0. The maximum absolute atomic E-state index is 5.74. The molecule has 0 aromatic heterocycles. The van der Waals surface area contributed by atoms with Gasteiger partial charge in [-0.1, -0.05) is 0 Å². The first-order valence-corrected chi connectivity index (χ1v) is 5.52. The summed E-state index contributed by atoms with van der Waals surface area (Å²) in [5, 5.41) is 3.29. The Balaban J connectivity index is 2.00. The second-order valence-electron chi connectivity index (χ2n) is 3.83. The molecule has 4 nitrogen and oxygen atoms in total. The van der Waals surface area contributed by atoms with E-state index in [-0.39, 0.29) is 0 Å². The van der Waals surface area contributed by atoms with Gasteiger partial charge in [0.1, 0.15) is 6.26 Å².